The molecule has 6 heteroatoms. The Morgan fingerprint density at radius 1 is 1.25 bits per heavy atom. The summed E-state index contributed by atoms with van der Waals surface area (Å²) >= 11 is 6.99. The Bertz CT molecular complexity index is 470. The minimum Gasteiger partial charge on any atom is -0.496 e. The zero-order valence-electron chi connectivity index (χ0n) is 11.8. The molecule has 1 aliphatic carbocycles. The van der Waals surface area contributed by atoms with Gasteiger partial charge in [0.2, 0.25) is 0 Å². The first kappa shape index (κ1) is 16.1. The maximum Gasteiger partial charge on any atom is 0.135 e. The first-order valence-electron chi connectivity index (χ1n) is 6.59. The Morgan fingerprint density at radius 2 is 1.90 bits per heavy atom. The van der Waals surface area contributed by atoms with Crippen molar-refractivity contribution < 1.29 is 14.2 Å². The van der Waals surface area contributed by atoms with Crippen molar-refractivity contribution in [1.29, 1.82) is 0 Å². The zero-order chi connectivity index (χ0) is 14.7. The van der Waals surface area contributed by atoms with E-state index < -0.39 is 0 Å². The summed E-state index contributed by atoms with van der Waals surface area (Å²) in [5, 5.41) is 3.25. The number of halogens is 2. The number of hydrogen-bond acceptors (Lipinski definition) is 4. The van der Waals surface area contributed by atoms with E-state index >= 15 is 0 Å². The van der Waals surface area contributed by atoms with E-state index in [9.17, 15) is 0 Å². The summed E-state index contributed by atoms with van der Waals surface area (Å²) in [5.41, 5.74) is 0. The molecule has 1 fully saturated rings. The molecular weight excluding hydrogens is 390 g/mol. The molecule has 1 saturated carbocycles. The number of likely N-dealkylation sites (N-methyl/N-ethyl adjacent to an activating group) is 1. The van der Waals surface area contributed by atoms with Crippen molar-refractivity contribution in [3.05, 3.63) is 21.1 Å². The lowest BCUT2D eigenvalue weighted by Crippen LogP contribution is -2.60. The Labute approximate surface area is 136 Å². The molecule has 1 N–H and O–H groups in total. The summed E-state index contributed by atoms with van der Waals surface area (Å²) in [5.74, 6) is 1.56. The summed E-state index contributed by atoms with van der Waals surface area (Å²) in [6.45, 7) is 2.69. The van der Waals surface area contributed by atoms with Gasteiger partial charge in [0.25, 0.3) is 0 Å². The van der Waals surface area contributed by atoms with Crippen LogP contribution in [-0.4, -0.2) is 39.0 Å². The van der Waals surface area contributed by atoms with Gasteiger partial charge in [0, 0.05) is 19.1 Å². The highest BCUT2D eigenvalue weighted by Gasteiger charge is 2.43. The monoisotopic (exact) mass is 407 g/mol. The van der Waals surface area contributed by atoms with Crippen molar-refractivity contribution in [1.82, 2.24) is 5.32 Å². The molecule has 3 atom stereocenters. The van der Waals surface area contributed by atoms with Crippen LogP contribution < -0.4 is 14.8 Å². The second-order valence-corrected chi connectivity index (χ2v) is 6.33. The minimum atomic E-state index is 0.0731. The summed E-state index contributed by atoms with van der Waals surface area (Å²) in [4.78, 5) is 0. The molecule has 112 valence electrons. The predicted molar refractivity (Wildman–Crippen MR) is 85.7 cm³/mol. The van der Waals surface area contributed by atoms with E-state index in [-0.39, 0.29) is 12.2 Å². The molecule has 3 unspecified atom stereocenters. The van der Waals surface area contributed by atoms with Gasteiger partial charge in [0.05, 0.1) is 16.1 Å². The van der Waals surface area contributed by atoms with Crippen LogP contribution in [0.5, 0.6) is 11.5 Å². The van der Waals surface area contributed by atoms with Gasteiger partial charge in [-0.25, -0.2) is 0 Å². The highest BCUT2D eigenvalue weighted by atomic mass is 79.9. The summed E-state index contributed by atoms with van der Waals surface area (Å²) in [7, 11) is 3.59. The molecule has 1 aromatic rings. The fraction of sp³-hybridized carbons (Fsp3) is 0.571. The molecule has 0 heterocycles. The van der Waals surface area contributed by atoms with E-state index in [1.54, 1.807) is 7.11 Å². The summed E-state index contributed by atoms with van der Waals surface area (Å²) in [6.07, 6.45) is 1.11. The lowest BCUT2D eigenvalue weighted by atomic mass is 9.85. The molecule has 0 spiro atoms. The first-order chi connectivity index (χ1) is 9.60. The van der Waals surface area contributed by atoms with Crippen molar-refractivity contribution in [3.63, 3.8) is 0 Å². The molecule has 0 radical (unpaired) electrons. The number of methoxy groups -OCH3 is 1. The standard InChI is InChI=1S/C14H19Br2NO3/c1-4-19-14-10(17-2)7-13(14)20-12-6-8(15)11(18-3)5-9(12)16/h5-6,10,13-14,17H,4,7H2,1-3H3. The smallest absolute Gasteiger partial charge is 0.135 e. The van der Waals surface area contributed by atoms with Gasteiger partial charge in [-0.05, 0) is 58.0 Å². The maximum absolute atomic E-state index is 6.06. The molecule has 20 heavy (non-hydrogen) atoms. The van der Waals surface area contributed by atoms with Crippen LogP contribution in [-0.2, 0) is 4.74 Å². The van der Waals surface area contributed by atoms with E-state index in [1.165, 1.54) is 0 Å². The molecule has 0 aromatic heterocycles. The van der Waals surface area contributed by atoms with E-state index in [0.717, 1.165) is 26.9 Å². The minimum absolute atomic E-state index is 0.0731. The van der Waals surface area contributed by atoms with E-state index in [0.29, 0.717) is 12.6 Å². The van der Waals surface area contributed by atoms with Crippen LogP contribution in [0.3, 0.4) is 0 Å². The molecular formula is C14H19Br2NO3. The van der Waals surface area contributed by atoms with Gasteiger partial charge in [-0.2, -0.15) is 0 Å². The normalized spacial score (nSPS) is 25.1. The van der Waals surface area contributed by atoms with Crippen LogP contribution in [0.15, 0.2) is 21.1 Å². The Morgan fingerprint density at radius 3 is 2.50 bits per heavy atom. The molecule has 0 bridgehead atoms. The highest BCUT2D eigenvalue weighted by molar-refractivity contribution is 9.11. The Hall–Kier alpha value is -0.300. The van der Waals surface area contributed by atoms with Gasteiger partial charge in [0.15, 0.2) is 0 Å². The van der Waals surface area contributed by atoms with E-state index in [1.807, 2.05) is 26.1 Å². The van der Waals surface area contributed by atoms with Crippen molar-refractivity contribution in [2.75, 3.05) is 20.8 Å². The molecule has 4 nitrogen and oxygen atoms in total. The fourth-order valence-electron chi connectivity index (χ4n) is 2.32. The average Bonchev–Trinajstić information content (AvgIpc) is 2.43. The second-order valence-electron chi connectivity index (χ2n) is 4.62. The Balaban J connectivity index is 2.09. The largest absolute Gasteiger partial charge is 0.496 e. The molecule has 0 saturated heterocycles. The quantitative estimate of drug-likeness (QED) is 0.783. The van der Waals surface area contributed by atoms with Gasteiger partial charge >= 0.3 is 0 Å². The number of benzene rings is 1. The van der Waals surface area contributed by atoms with Crippen LogP contribution in [0.2, 0.25) is 0 Å². The predicted octanol–water partition coefficient (Wildman–Crippen LogP) is 3.36. The number of ether oxygens (including phenoxy) is 3. The van der Waals surface area contributed by atoms with E-state index in [2.05, 4.69) is 37.2 Å². The van der Waals surface area contributed by atoms with Crippen LogP contribution in [0.4, 0.5) is 0 Å². The Kier molecular flexibility index (Phi) is 5.72. The molecule has 0 aliphatic heterocycles. The maximum atomic E-state index is 6.06. The number of hydrogen-bond donors (Lipinski definition) is 1. The van der Waals surface area contributed by atoms with Crippen LogP contribution >= 0.6 is 31.9 Å². The van der Waals surface area contributed by atoms with Gasteiger partial charge in [0.1, 0.15) is 23.7 Å². The van der Waals surface area contributed by atoms with Gasteiger partial charge in [-0.3, -0.25) is 0 Å². The topological polar surface area (TPSA) is 39.7 Å². The molecule has 0 amide bonds. The number of nitrogens with one attached hydrogen (secondary N) is 1. The SMILES string of the molecule is CCOC1C(NC)CC1Oc1cc(Br)c(OC)cc1Br. The van der Waals surface area contributed by atoms with Crippen molar-refractivity contribution >= 4 is 31.9 Å². The van der Waals surface area contributed by atoms with Crippen molar-refractivity contribution in [2.45, 2.75) is 31.6 Å². The first-order valence-corrected chi connectivity index (χ1v) is 8.17. The van der Waals surface area contributed by atoms with E-state index in [4.69, 9.17) is 14.2 Å². The second kappa shape index (κ2) is 7.11. The fourth-order valence-corrected chi connectivity index (χ4v) is 3.22. The van der Waals surface area contributed by atoms with Gasteiger partial charge in [-0.15, -0.1) is 0 Å². The lowest BCUT2D eigenvalue weighted by molar-refractivity contribution is -0.103. The lowest BCUT2D eigenvalue weighted by Gasteiger charge is -2.43. The van der Waals surface area contributed by atoms with Crippen LogP contribution in [0.1, 0.15) is 13.3 Å². The molecule has 1 aliphatic rings. The third-order valence-corrected chi connectivity index (χ3v) is 4.70. The average molecular weight is 409 g/mol. The summed E-state index contributed by atoms with van der Waals surface area (Å²) in [6, 6.07) is 4.17. The highest BCUT2D eigenvalue weighted by Crippen LogP contribution is 2.38. The third kappa shape index (κ3) is 3.30. The van der Waals surface area contributed by atoms with Crippen LogP contribution in [0, 0.1) is 0 Å². The third-order valence-electron chi connectivity index (χ3n) is 3.46. The molecule has 2 rings (SSSR count). The van der Waals surface area contributed by atoms with Crippen molar-refractivity contribution in [3.8, 4) is 11.5 Å². The van der Waals surface area contributed by atoms with Gasteiger partial charge < -0.3 is 19.5 Å². The van der Waals surface area contributed by atoms with Gasteiger partial charge in [-0.1, -0.05) is 0 Å². The van der Waals surface area contributed by atoms with Crippen molar-refractivity contribution in [2.24, 2.45) is 0 Å². The zero-order valence-corrected chi connectivity index (χ0v) is 15.0. The number of rotatable bonds is 6. The van der Waals surface area contributed by atoms with Crippen LogP contribution in [0.25, 0.3) is 0 Å². The molecule has 1 aromatic carbocycles. The summed E-state index contributed by atoms with van der Waals surface area (Å²) < 4.78 is 18.8.